The van der Waals surface area contributed by atoms with E-state index in [4.69, 9.17) is 9.72 Å². The van der Waals surface area contributed by atoms with Crippen molar-refractivity contribution in [2.24, 2.45) is 0 Å². The molecule has 1 amide bonds. The van der Waals surface area contributed by atoms with Crippen LogP contribution in [0.25, 0.3) is 16.0 Å². The van der Waals surface area contributed by atoms with Crippen LogP contribution in [0, 0.1) is 0 Å². The van der Waals surface area contributed by atoms with Crippen LogP contribution >= 0.6 is 11.3 Å². The highest BCUT2D eigenvalue weighted by atomic mass is 32.1. The second-order valence-electron chi connectivity index (χ2n) is 10.3. The van der Waals surface area contributed by atoms with E-state index in [0.717, 1.165) is 33.5 Å². The Morgan fingerprint density at radius 3 is 2.73 bits per heavy atom. The van der Waals surface area contributed by atoms with Crippen LogP contribution in [0.3, 0.4) is 0 Å². The summed E-state index contributed by atoms with van der Waals surface area (Å²) in [6.45, 7) is 7.00. The molecule has 37 heavy (non-hydrogen) atoms. The number of hydrogen-bond donors (Lipinski definition) is 1. The van der Waals surface area contributed by atoms with Crippen LogP contribution in [-0.4, -0.2) is 33.4 Å². The molecular weight excluding hydrogens is 486 g/mol. The van der Waals surface area contributed by atoms with Crippen molar-refractivity contribution in [3.63, 3.8) is 0 Å². The third-order valence-electron chi connectivity index (χ3n) is 6.86. The molecule has 0 radical (unpaired) electrons. The Balaban J connectivity index is 1.52. The average molecular weight is 512 g/mol. The number of thiazole rings is 1. The Hall–Kier alpha value is -4.04. The van der Waals surface area contributed by atoms with Gasteiger partial charge in [0.25, 0.3) is 5.78 Å². The van der Waals surface area contributed by atoms with Gasteiger partial charge in [-0.25, -0.2) is 4.98 Å². The smallest absolute Gasteiger partial charge is 0.301 e. The fourth-order valence-corrected chi connectivity index (χ4v) is 5.89. The van der Waals surface area contributed by atoms with Gasteiger partial charge in [-0.15, -0.1) is 0 Å². The summed E-state index contributed by atoms with van der Waals surface area (Å²) in [4.78, 5) is 37.3. The minimum absolute atomic E-state index is 0.0199. The molecule has 4 aromatic rings. The monoisotopic (exact) mass is 511 g/mol. The summed E-state index contributed by atoms with van der Waals surface area (Å²) in [6.07, 6.45) is 3.96. The van der Waals surface area contributed by atoms with Gasteiger partial charge in [0.1, 0.15) is 11.5 Å². The number of anilines is 1. The number of carbonyl (C=O) groups excluding carboxylic acids is 2. The lowest BCUT2D eigenvalue weighted by atomic mass is 9.87. The van der Waals surface area contributed by atoms with Crippen LogP contribution in [0.2, 0.25) is 0 Å². The topological polar surface area (TPSA) is 92.6 Å². The SMILES string of the molecule is CC(C)(C)c1ccc2nc(N3C(=O)C(=O)/C(=C(/O)c4ccc5c(c4)CCO5)C3c3cccnc3)sc2c1. The highest BCUT2D eigenvalue weighted by molar-refractivity contribution is 7.22. The number of rotatable bonds is 3. The highest BCUT2D eigenvalue weighted by Gasteiger charge is 2.48. The molecule has 2 aromatic heterocycles. The van der Waals surface area contributed by atoms with Crippen LogP contribution in [-0.2, 0) is 21.4 Å². The molecule has 2 aromatic carbocycles. The molecule has 1 unspecified atom stereocenters. The second kappa shape index (κ2) is 8.52. The molecule has 1 fully saturated rings. The fraction of sp³-hybridized carbons (Fsp3) is 0.241. The Bertz CT molecular complexity index is 1600. The first-order chi connectivity index (χ1) is 17.7. The van der Waals surface area contributed by atoms with Gasteiger partial charge in [0.05, 0.1) is 28.4 Å². The van der Waals surface area contributed by atoms with E-state index in [1.165, 1.54) is 16.2 Å². The van der Waals surface area contributed by atoms with Crippen molar-refractivity contribution in [2.75, 3.05) is 11.5 Å². The molecule has 186 valence electrons. The molecule has 7 nitrogen and oxygen atoms in total. The third kappa shape index (κ3) is 3.88. The van der Waals surface area contributed by atoms with E-state index in [1.807, 2.05) is 18.2 Å². The number of carbonyl (C=O) groups is 2. The van der Waals surface area contributed by atoms with Crippen molar-refractivity contribution in [3.8, 4) is 5.75 Å². The molecule has 1 atom stereocenters. The van der Waals surface area contributed by atoms with Crippen LogP contribution in [0.1, 0.15) is 49.1 Å². The van der Waals surface area contributed by atoms with Gasteiger partial charge in [0.15, 0.2) is 5.13 Å². The summed E-state index contributed by atoms with van der Waals surface area (Å²) in [6, 6.07) is 14.1. The van der Waals surface area contributed by atoms with Crippen molar-refractivity contribution in [1.82, 2.24) is 9.97 Å². The van der Waals surface area contributed by atoms with Crippen LogP contribution < -0.4 is 9.64 Å². The quantitative estimate of drug-likeness (QED) is 0.220. The van der Waals surface area contributed by atoms with Gasteiger partial charge in [-0.2, -0.15) is 0 Å². The van der Waals surface area contributed by atoms with Gasteiger partial charge < -0.3 is 9.84 Å². The van der Waals surface area contributed by atoms with E-state index in [9.17, 15) is 14.7 Å². The summed E-state index contributed by atoms with van der Waals surface area (Å²) >= 11 is 1.36. The summed E-state index contributed by atoms with van der Waals surface area (Å²) in [5.74, 6) is -0.932. The Morgan fingerprint density at radius 2 is 1.97 bits per heavy atom. The van der Waals surface area contributed by atoms with Crippen LogP contribution in [0.4, 0.5) is 5.13 Å². The van der Waals surface area contributed by atoms with Crippen molar-refractivity contribution in [1.29, 1.82) is 0 Å². The molecule has 0 bridgehead atoms. The van der Waals surface area contributed by atoms with E-state index < -0.39 is 17.7 Å². The van der Waals surface area contributed by atoms with Gasteiger partial charge in [-0.05, 0) is 58.5 Å². The maximum Gasteiger partial charge on any atom is 0.301 e. The lowest BCUT2D eigenvalue weighted by Gasteiger charge is -2.22. The molecule has 4 heterocycles. The lowest BCUT2D eigenvalue weighted by molar-refractivity contribution is -0.132. The predicted octanol–water partition coefficient (Wildman–Crippen LogP) is 5.55. The van der Waals surface area contributed by atoms with E-state index >= 15 is 0 Å². The number of ether oxygens (including phenoxy) is 1. The molecule has 0 saturated carbocycles. The van der Waals surface area contributed by atoms with Crippen LogP contribution in [0.15, 0.2) is 66.5 Å². The Labute approximate surface area is 218 Å². The number of pyridine rings is 1. The van der Waals surface area contributed by atoms with Crippen molar-refractivity contribution >= 4 is 44.1 Å². The van der Waals surface area contributed by atoms with Crippen molar-refractivity contribution in [3.05, 3.63) is 88.8 Å². The zero-order valence-electron chi connectivity index (χ0n) is 20.7. The van der Waals surface area contributed by atoms with Crippen LogP contribution in [0.5, 0.6) is 5.75 Å². The summed E-state index contributed by atoms with van der Waals surface area (Å²) in [5.41, 5.74) is 3.92. The number of hydrogen-bond acceptors (Lipinski definition) is 7. The first-order valence-electron chi connectivity index (χ1n) is 12.1. The summed E-state index contributed by atoms with van der Waals surface area (Å²) < 4.78 is 6.50. The van der Waals surface area contributed by atoms with Gasteiger partial charge >= 0.3 is 5.91 Å². The summed E-state index contributed by atoms with van der Waals surface area (Å²) in [5, 5.41) is 11.8. The number of ketones is 1. The van der Waals surface area contributed by atoms with E-state index in [1.54, 1.807) is 36.7 Å². The molecule has 6 rings (SSSR count). The number of aliphatic hydroxyl groups is 1. The largest absolute Gasteiger partial charge is 0.507 e. The zero-order valence-corrected chi connectivity index (χ0v) is 21.5. The number of aliphatic hydroxyl groups excluding tert-OH is 1. The molecular formula is C29H25N3O4S. The highest BCUT2D eigenvalue weighted by Crippen LogP contribution is 2.45. The Kier molecular flexibility index (Phi) is 5.38. The maximum absolute atomic E-state index is 13.5. The molecule has 8 heteroatoms. The standard InChI is InChI=1S/C29H25N3O4S/c1-29(2,3)19-7-8-20-22(14-19)37-28(31-20)32-24(18-5-4-11-30-15-18)23(26(34)27(32)35)25(33)17-6-9-21-16(13-17)10-12-36-21/h4-9,11,13-15,24,33H,10,12H2,1-3H3/b25-23+. The average Bonchev–Trinajstić information content (AvgIpc) is 3.59. The van der Waals surface area contributed by atoms with Gasteiger partial charge in [0.2, 0.25) is 0 Å². The molecule has 2 aliphatic heterocycles. The van der Waals surface area contributed by atoms with E-state index in [2.05, 4.69) is 31.8 Å². The zero-order chi connectivity index (χ0) is 25.9. The number of aromatic nitrogens is 2. The number of fused-ring (bicyclic) bond motifs is 2. The Morgan fingerprint density at radius 1 is 1.14 bits per heavy atom. The summed E-state index contributed by atoms with van der Waals surface area (Å²) in [7, 11) is 0. The molecule has 2 aliphatic rings. The lowest BCUT2D eigenvalue weighted by Crippen LogP contribution is -2.29. The van der Waals surface area contributed by atoms with Crippen molar-refractivity contribution in [2.45, 2.75) is 38.6 Å². The fourth-order valence-electron chi connectivity index (χ4n) is 4.85. The van der Waals surface area contributed by atoms with Crippen molar-refractivity contribution < 1.29 is 19.4 Å². The minimum atomic E-state index is -0.860. The first kappa shape index (κ1) is 23.4. The number of amides is 1. The first-order valence-corrected chi connectivity index (χ1v) is 12.9. The molecule has 1 N–H and O–H groups in total. The molecule has 0 aliphatic carbocycles. The van der Waals surface area contributed by atoms with Gasteiger partial charge in [-0.1, -0.05) is 44.2 Å². The number of nitrogens with zero attached hydrogens (tertiary/aromatic N) is 3. The predicted molar refractivity (Wildman–Crippen MR) is 143 cm³/mol. The number of benzene rings is 2. The maximum atomic E-state index is 13.5. The molecule has 0 spiro atoms. The van der Waals surface area contributed by atoms with E-state index in [0.29, 0.717) is 22.9 Å². The van der Waals surface area contributed by atoms with Gasteiger partial charge in [-0.3, -0.25) is 19.5 Å². The second-order valence-corrected chi connectivity index (χ2v) is 11.3. The van der Waals surface area contributed by atoms with Gasteiger partial charge in [0, 0.05) is 24.4 Å². The molecule has 1 saturated heterocycles. The minimum Gasteiger partial charge on any atom is -0.507 e. The van der Waals surface area contributed by atoms with E-state index in [-0.39, 0.29) is 16.7 Å². The number of Topliss-reactive ketones (excluding diaryl/α,β-unsaturated/α-hetero) is 1. The third-order valence-corrected chi connectivity index (χ3v) is 7.87. The normalized spacial score (nSPS) is 18.9.